The van der Waals surface area contributed by atoms with Gasteiger partial charge in [0.15, 0.2) is 12.2 Å². The first-order valence-corrected chi connectivity index (χ1v) is 4.50. The number of rotatable bonds is 3. The number of nitrogens with one attached hydrogen (secondary N) is 2. The van der Waals surface area contributed by atoms with Crippen molar-refractivity contribution in [2.75, 3.05) is 14.1 Å². The van der Waals surface area contributed by atoms with E-state index in [1.807, 2.05) is 0 Å². The van der Waals surface area contributed by atoms with Crippen LogP contribution in [0.3, 0.4) is 0 Å². The number of amides is 2. The lowest BCUT2D eigenvalue weighted by atomic mass is 10.4. The van der Waals surface area contributed by atoms with Gasteiger partial charge < -0.3 is 25.2 Å². The van der Waals surface area contributed by atoms with Gasteiger partial charge in [0.25, 0.3) is 0 Å². The van der Waals surface area contributed by atoms with E-state index in [1.165, 1.54) is 14.1 Å². The lowest BCUT2D eigenvalue weighted by Crippen LogP contribution is -2.24. The highest BCUT2D eigenvalue weighted by Gasteiger charge is 2.62. The van der Waals surface area contributed by atoms with E-state index in [0.29, 0.717) is 0 Å². The topological polar surface area (TPSA) is 114 Å². The minimum Gasteiger partial charge on any atom is -0.481 e. The third-order valence-corrected chi connectivity index (χ3v) is 2.07. The molecule has 2 atom stereocenters. The van der Waals surface area contributed by atoms with Crippen molar-refractivity contribution in [1.82, 2.24) is 10.6 Å². The second-order valence-corrected chi connectivity index (χ2v) is 3.10. The van der Waals surface area contributed by atoms with E-state index in [1.54, 1.807) is 0 Å². The first kappa shape index (κ1) is 12.1. The Morgan fingerprint density at radius 3 is 1.62 bits per heavy atom. The Bertz CT molecular complexity index is 294. The van der Waals surface area contributed by atoms with E-state index >= 15 is 0 Å². The first-order chi connectivity index (χ1) is 7.51. The molecule has 0 radical (unpaired) electrons. The molecule has 90 valence electrons. The molecule has 1 saturated carbocycles. The van der Waals surface area contributed by atoms with Crippen molar-refractivity contribution >= 4 is 18.2 Å². The Balaban J connectivity index is 2.53. The van der Waals surface area contributed by atoms with Crippen molar-refractivity contribution in [2.24, 2.45) is 5.92 Å². The smallest absolute Gasteiger partial charge is 0.407 e. The van der Waals surface area contributed by atoms with E-state index in [4.69, 9.17) is 14.6 Å². The molecule has 16 heavy (non-hydrogen) atoms. The molecule has 0 heterocycles. The van der Waals surface area contributed by atoms with E-state index in [0.717, 1.165) is 0 Å². The fourth-order valence-corrected chi connectivity index (χ4v) is 1.18. The summed E-state index contributed by atoms with van der Waals surface area (Å²) in [5.41, 5.74) is 0. The van der Waals surface area contributed by atoms with Crippen LogP contribution < -0.4 is 10.6 Å². The van der Waals surface area contributed by atoms with E-state index in [-0.39, 0.29) is 0 Å². The van der Waals surface area contributed by atoms with Crippen molar-refractivity contribution in [3.8, 4) is 0 Å². The lowest BCUT2D eigenvalue weighted by Gasteiger charge is -2.03. The maximum atomic E-state index is 10.8. The predicted molar refractivity (Wildman–Crippen MR) is 49.8 cm³/mol. The number of ether oxygens (including phenoxy) is 2. The summed E-state index contributed by atoms with van der Waals surface area (Å²) in [4.78, 5) is 32.4. The van der Waals surface area contributed by atoms with Crippen molar-refractivity contribution in [1.29, 1.82) is 0 Å². The van der Waals surface area contributed by atoms with E-state index in [2.05, 4.69) is 10.6 Å². The van der Waals surface area contributed by atoms with Crippen molar-refractivity contribution in [3.05, 3.63) is 0 Å². The maximum Gasteiger partial charge on any atom is 0.407 e. The summed E-state index contributed by atoms with van der Waals surface area (Å²) in [6.45, 7) is 0. The van der Waals surface area contributed by atoms with Gasteiger partial charge in [0.2, 0.25) is 0 Å². The van der Waals surface area contributed by atoms with Crippen LogP contribution in [0.1, 0.15) is 0 Å². The highest BCUT2D eigenvalue weighted by atomic mass is 16.6. The molecule has 8 nitrogen and oxygen atoms in total. The van der Waals surface area contributed by atoms with E-state index < -0.39 is 36.3 Å². The minimum absolute atomic E-state index is 0.765. The molecule has 3 N–H and O–H groups in total. The van der Waals surface area contributed by atoms with Gasteiger partial charge in [0.1, 0.15) is 5.92 Å². The molecule has 1 fully saturated rings. The van der Waals surface area contributed by atoms with E-state index in [9.17, 15) is 14.4 Å². The zero-order valence-corrected chi connectivity index (χ0v) is 8.72. The minimum atomic E-state index is -1.18. The van der Waals surface area contributed by atoms with Crippen LogP contribution in [-0.4, -0.2) is 49.6 Å². The van der Waals surface area contributed by atoms with Gasteiger partial charge in [-0.15, -0.1) is 0 Å². The van der Waals surface area contributed by atoms with Crippen LogP contribution in [-0.2, 0) is 14.3 Å². The summed E-state index contributed by atoms with van der Waals surface area (Å²) in [6.07, 6.45) is -3.40. The van der Waals surface area contributed by atoms with Crippen molar-refractivity contribution in [3.63, 3.8) is 0 Å². The van der Waals surface area contributed by atoms with Crippen molar-refractivity contribution < 1.29 is 29.0 Å². The normalized spacial score (nSPS) is 26.5. The molecule has 1 rings (SSSR count). The molecule has 1 aliphatic rings. The Hall–Kier alpha value is -1.99. The summed E-state index contributed by atoms with van der Waals surface area (Å²) in [5, 5.41) is 13.1. The van der Waals surface area contributed by atoms with Crippen LogP contribution in [0.2, 0.25) is 0 Å². The number of carboxylic acids is 1. The highest BCUT2D eigenvalue weighted by molar-refractivity contribution is 5.79. The second kappa shape index (κ2) is 4.69. The van der Waals surface area contributed by atoms with Crippen LogP contribution in [0.15, 0.2) is 0 Å². The Morgan fingerprint density at radius 1 is 1.00 bits per heavy atom. The summed E-state index contributed by atoms with van der Waals surface area (Å²) in [6, 6.07) is 0. The van der Waals surface area contributed by atoms with Gasteiger partial charge in [-0.3, -0.25) is 4.79 Å². The van der Waals surface area contributed by atoms with Gasteiger partial charge in [-0.25, -0.2) is 9.59 Å². The molecule has 0 aromatic rings. The van der Waals surface area contributed by atoms with Gasteiger partial charge in [0, 0.05) is 14.1 Å². The van der Waals surface area contributed by atoms with Gasteiger partial charge in [0.05, 0.1) is 0 Å². The largest absolute Gasteiger partial charge is 0.481 e. The van der Waals surface area contributed by atoms with Gasteiger partial charge in [-0.2, -0.15) is 0 Å². The van der Waals surface area contributed by atoms with Crippen LogP contribution in [0.25, 0.3) is 0 Å². The fraction of sp³-hybridized carbons (Fsp3) is 0.625. The van der Waals surface area contributed by atoms with Gasteiger partial charge >= 0.3 is 18.2 Å². The number of carboxylic acid groups (broad SMARTS) is 1. The summed E-state index contributed by atoms with van der Waals surface area (Å²) in [5.74, 6) is -2.18. The second-order valence-electron chi connectivity index (χ2n) is 3.10. The number of carbonyl (C=O) groups excluding carboxylic acids is 2. The molecule has 2 amide bonds. The number of carbonyl (C=O) groups is 3. The lowest BCUT2D eigenvalue weighted by molar-refractivity contribution is -0.139. The molecule has 0 aliphatic heterocycles. The Kier molecular flexibility index (Phi) is 3.54. The highest BCUT2D eigenvalue weighted by Crippen LogP contribution is 2.37. The monoisotopic (exact) mass is 232 g/mol. The van der Waals surface area contributed by atoms with Gasteiger partial charge in [-0.05, 0) is 0 Å². The Labute approximate surface area is 90.9 Å². The van der Waals surface area contributed by atoms with Crippen molar-refractivity contribution in [2.45, 2.75) is 12.2 Å². The summed E-state index contributed by atoms with van der Waals surface area (Å²) in [7, 11) is 2.68. The molecular formula is C8H12N2O6. The number of hydrogen-bond donors (Lipinski definition) is 3. The van der Waals surface area contributed by atoms with Crippen LogP contribution in [0.4, 0.5) is 9.59 Å². The van der Waals surface area contributed by atoms with Crippen LogP contribution >= 0.6 is 0 Å². The average Bonchev–Trinajstić information content (AvgIpc) is 2.90. The molecule has 2 unspecified atom stereocenters. The first-order valence-electron chi connectivity index (χ1n) is 4.50. The Morgan fingerprint density at radius 2 is 1.38 bits per heavy atom. The standard InChI is InChI=1S/C8H12N2O6/c1-9-7(13)15-4-3(6(11)12)5(4)16-8(14)10-2/h3-5H,1-2H3,(H,9,13)(H,10,14)(H,11,12). The number of hydrogen-bond acceptors (Lipinski definition) is 5. The third kappa shape index (κ3) is 2.53. The van der Waals surface area contributed by atoms with Crippen LogP contribution in [0.5, 0.6) is 0 Å². The molecule has 0 spiro atoms. The molecular weight excluding hydrogens is 220 g/mol. The summed E-state index contributed by atoms with van der Waals surface area (Å²) < 4.78 is 9.41. The molecule has 1 aliphatic carbocycles. The molecule has 0 aromatic heterocycles. The molecule has 0 aromatic carbocycles. The molecule has 0 saturated heterocycles. The zero-order valence-electron chi connectivity index (χ0n) is 8.72. The predicted octanol–water partition coefficient (Wildman–Crippen LogP) is -0.850. The molecule has 8 heteroatoms. The number of aliphatic carboxylic acids is 1. The molecule has 0 bridgehead atoms. The SMILES string of the molecule is CNC(=O)OC1C(OC(=O)NC)C1C(=O)O. The third-order valence-electron chi connectivity index (χ3n) is 2.07. The summed E-state index contributed by atoms with van der Waals surface area (Å²) >= 11 is 0. The van der Waals surface area contributed by atoms with Gasteiger partial charge in [-0.1, -0.05) is 0 Å². The quantitative estimate of drug-likeness (QED) is 0.584. The van der Waals surface area contributed by atoms with Crippen LogP contribution in [0, 0.1) is 5.92 Å². The average molecular weight is 232 g/mol. The maximum absolute atomic E-state index is 10.8. The zero-order chi connectivity index (χ0) is 12.3. The number of alkyl carbamates (subject to hydrolysis) is 2. The fourth-order valence-electron chi connectivity index (χ4n) is 1.18.